The molecule has 2 atom stereocenters. The molecule has 1 aromatic heterocycles. The van der Waals surface area contributed by atoms with Crippen LogP contribution in [0.5, 0.6) is 0 Å². The van der Waals surface area contributed by atoms with Crippen molar-refractivity contribution < 1.29 is 9.84 Å². The Kier molecular flexibility index (Phi) is 4.10. The quantitative estimate of drug-likeness (QED) is 0.867. The molecule has 2 aliphatic rings. The van der Waals surface area contributed by atoms with Crippen molar-refractivity contribution in [3.63, 3.8) is 0 Å². The van der Waals surface area contributed by atoms with E-state index < -0.39 is 0 Å². The zero-order chi connectivity index (χ0) is 13.1. The zero-order valence-corrected chi connectivity index (χ0v) is 11.2. The molecule has 3 rings (SSSR count). The van der Waals surface area contributed by atoms with E-state index in [-0.39, 0.29) is 12.1 Å². The maximum Gasteiger partial charge on any atom is 0.0967 e. The van der Waals surface area contributed by atoms with Crippen LogP contribution in [-0.2, 0) is 11.3 Å². The Bertz CT molecular complexity index is 403. The first-order chi connectivity index (χ1) is 9.33. The van der Waals surface area contributed by atoms with Gasteiger partial charge in [0, 0.05) is 19.6 Å². The summed E-state index contributed by atoms with van der Waals surface area (Å²) >= 11 is 0. The standard InChI is InChI=1S/C13H22N4O2/c18-13-4-2-1-3-12(13)17-10-11(14-15-17)9-16-5-7-19-8-6-16/h10,12-13,18H,1-9H2/t12-,13-/m1/s1. The van der Waals surface area contributed by atoms with Crippen LogP contribution >= 0.6 is 0 Å². The van der Waals surface area contributed by atoms with Crippen LogP contribution in [0.4, 0.5) is 0 Å². The number of aromatic nitrogens is 3. The van der Waals surface area contributed by atoms with Gasteiger partial charge in [0.1, 0.15) is 0 Å². The third-order valence-electron chi connectivity index (χ3n) is 4.08. The second-order valence-electron chi connectivity index (χ2n) is 5.50. The highest BCUT2D eigenvalue weighted by Gasteiger charge is 2.25. The molecular weight excluding hydrogens is 244 g/mol. The molecule has 2 heterocycles. The molecule has 1 N–H and O–H groups in total. The number of ether oxygens (including phenoxy) is 1. The van der Waals surface area contributed by atoms with E-state index in [1.54, 1.807) is 0 Å². The highest BCUT2D eigenvalue weighted by atomic mass is 16.5. The first kappa shape index (κ1) is 13.0. The summed E-state index contributed by atoms with van der Waals surface area (Å²) in [6.07, 6.45) is 5.89. The summed E-state index contributed by atoms with van der Waals surface area (Å²) in [4.78, 5) is 2.33. The summed E-state index contributed by atoms with van der Waals surface area (Å²) in [5.41, 5.74) is 0.986. The number of aliphatic hydroxyl groups is 1. The number of hydrogen-bond acceptors (Lipinski definition) is 5. The topological polar surface area (TPSA) is 63.4 Å². The molecule has 0 spiro atoms. The largest absolute Gasteiger partial charge is 0.391 e. The second kappa shape index (κ2) is 5.98. The van der Waals surface area contributed by atoms with Crippen LogP contribution in [0.2, 0.25) is 0 Å². The first-order valence-corrected chi connectivity index (χ1v) is 7.22. The van der Waals surface area contributed by atoms with Gasteiger partial charge in [0.15, 0.2) is 0 Å². The molecule has 0 unspecified atom stereocenters. The van der Waals surface area contributed by atoms with Crippen LogP contribution in [-0.4, -0.2) is 57.4 Å². The molecule has 6 nitrogen and oxygen atoms in total. The van der Waals surface area contributed by atoms with E-state index in [1.807, 2.05) is 10.9 Å². The van der Waals surface area contributed by atoms with Crippen LogP contribution in [0.1, 0.15) is 37.4 Å². The molecule has 1 saturated heterocycles. The second-order valence-corrected chi connectivity index (χ2v) is 5.50. The van der Waals surface area contributed by atoms with Crippen molar-refractivity contribution >= 4 is 0 Å². The maximum absolute atomic E-state index is 10.0. The third-order valence-corrected chi connectivity index (χ3v) is 4.08. The minimum Gasteiger partial charge on any atom is -0.391 e. The van der Waals surface area contributed by atoms with Crippen molar-refractivity contribution in [3.8, 4) is 0 Å². The van der Waals surface area contributed by atoms with Crippen LogP contribution in [0.3, 0.4) is 0 Å². The molecule has 19 heavy (non-hydrogen) atoms. The fourth-order valence-electron chi connectivity index (χ4n) is 2.94. The number of hydrogen-bond donors (Lipinski definition) is 1. The Morgan fingerprint density at radius 1 is 1.26 bits per heavy atom. The molecule has 0 radical (unpaired) electrons. The van der Waals surface area contributed by atoms with Gasteiger partial charge in [-0.05, 0) is 12.8 Å². The van der Waals surface area contributed by atoms with E-state index >= 15 is 0 Å². The molecule has 1 aromatic rings. The van der Waals surface area contributed by atoms with Gasteiger partial charge in [-0.2, -0.15) is 0 Å². The summed E-state index contributed by atoms with van der Waals surface area (Å²) in [6, 6.07) is 0.111. The highest BCUT2D eigenvalue weighted by molar-refractivity contribution is 4.95. The van der Waals surface area contributed by atoms with E-state index in [4.69, 9.17) is 4.74 Å². The van der Waals surface area contributed by atoms with Crippen molar-refractivity contribution in [1.29, 1.82) is 0 Å². The zero-order valence-electron chi connectivity index (χ0n) is 11.2. The Hall–Kier alpha value is -0.980. The predicted molar refractivity (Wildman–Crippen MR) is 69.6 cm³/mol. The van der Waals surface area contributed by atoms with Crippen molar-refractivity contribution in [2.45, 2.75) is 44.4 Å². The van der Waals surface area contributed by atoms with Crippen molar-refractivity contribution in [2.75, 3.05) is 26.3 Å². The smallest absolute Gasteiger partial charge is 0.0967 e. The summed E-state index contributed by atoms with van der Waals surface area (Å²) in [5, 5.41) is 18.5. The molecule has 106 valence electrons. The summed E-state index contributed by atoms with van der Waals surface area (Å²) < 4.78 is 7.20. The van der Waals surface area contributed by atoms with Gasteiger partial charge in [-0.1, -0.05) is 18.1 Å². The molecule has 1 saturated carbocycles. The van der Waals surface area contributed by atoms with Crippen LogP contribution < -0.4 is 0 Å². The van der Waals surface area contributed by atoms with Gasteiger partial charge in [0.2, 0.25) is 0 Å². The molecule has 0 bridgehead atoms. The first-order valence-electron chi connectivity index (χ1n) is 7.22. The summed E-state index contributed by atoms with van der Waals surface area (Å²) in [5.74, 6) is 0. The third kappa shape index (κ3) is 3.13. The van der Waals surface area contributed by atoms with Crippen LogP contribution in [0.25, 0.3) is 0 Å². The molecule has 0 aromatic carbocycles. The van der Waals surface area contributed by atoms with Gasteiger partial charge in [0.25, 0.3) is 0 Å². The number of nitrogens with zero attached hydrogens (tertiary/aromatic N) is 4. The van der Waals surface area contributed by atoms with E-state index in [9.17, 15) is 5.11 Å². The predicted octanol–water partition coefficient (Wildman–Crippen LogP) is 0.586. The van der Waals surface area contributed by atoms with Crippen molar-refractivity contribution in [2.24, 2.45) is 0 Å². The Morgan fingerprint density at radius 2 is 2.05 bits per heavy atom. The van der Waals surface area contributed by atoms with Gasteiger partial charge in [-0.15, -0.1) is 5.10 Å². The summed E-state index contributed by atoms with van der Waals surface area (Å²) in [7, 11) is 0. The van der Waals surface area contributed by atoms with E-state index in [2.05, 4.69) is 15.2 Å². The molecule has 6 heteroatoms. The Balaban J connectivity index is 1.61. The maximum atomic E-state index is 10.0. The van der Waals surface area contributed by atoms with E-state index in [0.717, 1.165) is 57.8 Å². The fraction of sp³-hybridized carbons (Fsp3) is 0.846. The fourth-order valence-corrected chi connectivity index (χ4v) is 2.94. The van der Waals surface area contributed by atoms with Gasteiger partial charge in [-0.25, -0.2) is 4.68 Å². The number of aliphatic hydroxyl groups excluding tert-OH is 1. The molecule has 1 aliphatic heterocycles. The average molecular weight is 266 g/mol. The molecular formula is C13H22N4O2. The van der Waals surface area contributed by atoms with Crippen molar-refractivity contribution in [1.82, 2.24) is 19.9 Å². The number of morpholine rings is 1. The molecule has 2 fully saturated rings. The number of rotatable bonds is 3. The lowest BCUT2D eigenvalue weighted by atomic mass is 9.93. The lowest BCUT2D eigenvalue weighted by molar-refractivity contribution is 0.0336. The van der Waals surface area contributed by atoms with Gasteiger partial charge >= 0.3 is 0 Å². The van der Waals surface area contributed by atoms with Gasteiger partial charge < -0.3 is 9.84 Å². The van der Waals surface area contributed by atoms with Crippen molar-refractivity contribution in [3.05, 3.63) is 11.9 Å². The van der Waals surface area contributed by atoms with Gasteiger partial charge in [0.05, 0.1) is 37.3 Å². The van der Waals surface area contributed by atoms with Crippen LogP contribution in [0, 0.1) is 0 Å². The highest BCUT2D eigenvalue weighted by Crippen LogP contribution is 2.27. The lowest BCUT2D eigenvalue weighted by Gasteiger charge is -2.27. The normalized spacial score (nSPS) is 29.5. The van der Waals surface area contributed by atoms with Gasteiger partial charge in [-0.3, -0.25) is 4.90 Å². The van der Waals surface area contributed by atoms with E-state index in [0.29, 0.717) is 0 Å². The molecule has 0 amide bonds. The Labute approximate surface area is 113 Å². The minimum absolute atomic E-state index is 0.111. The monoisotopic (exact) mass is 266 g/mol. The van der Waals surface area contributed by atoms with Crippen LogP contribution in [0.15, 0.2) is 6.20 Å². The Morgan fingerprint density at radius 3 is 2.84 bits per heavy atom. The SMILES string of the molecule is O[C@@H]1CCCC[C@H]1n1cc(CN2CCOCC2)nn1. The van der Waals surface area contributed by atoms with E-state index in [1.165, 1.54) is 6.42 Å². The molecule has 1 aliphatic carbocycles. The lowest BCUT2D eigenvalue weighted by Crippen LogP contribution is -2.35. The average Bonchev–Trinajstić information content (AvgIpc) is 2.89. The minimum atomic E-state index is -0.272. The summed E-state index contributed by atoms with van der Waals surface area (Å²) in [6.45, 7) is 4.34.